The largest absolute Gasteiger partial charge is 0.352 e. The van der Waals surface area contributed by atoms with Crippen LogP contribution in [0.2, 0.25) is 0 Å². The molecule has 0 aromatic heterocycles. The molecule has 1 unspecified atom stereocenters. The van der Waals surface area contributed by atoms with Gasteiger partial charge in [-0.2, -0.15) is 0 Å². The van der Waals surface area contributed by atoms with E-state index in [-0.39, 0.29) is 30.6 Å². The minimum Gasteiger partial charge on any atom is -0.352 e. The Hall–Kier alpha value is -1.68. The van der Waals surface area contributed by atoms with Crippen LogP contribution in [0.3, 0.4) is 0 Å². The van der Waals surface area contributed by atoms with Crippen LogP contribution < -0.4 is 11.1 Å². The van der Waals surface area contributed by atoms with E-state index in [2.05, 4.69) is 12.2 Å². The van der Waals surface area contributed by atoms with E-state index < -0.39 is 0 Å². The normalized spacial score (nSPS) is 15.5. The Morgan fingerprint density at radius 3 is 2.43 bits per heavy atom. The van der Waals surface area contributed by atoms with Crippen molar-refractivity contribution >= 4 is 11.7 Å². The van der Waals surface area contributed by atoms with Gasteiger partial charge in [0.05, 0.1) is 0 Å². The average molecular weight is 288 g/mol. The third-order valence-corrected chi connectivity index (χ3v) is 4.05. The van der Waals surface area contributed by atoms with E-state index in [1.165, 1.54) is 5.56 Å². The van der Waals surface area contributed by atoms with Crippen LogP contribution in [-0.4, -0.2) is 24.3 Å². The highest BCUT2D eigenvalue weighted by Crippen LogP contribution is 2.32. The molecule has 1 fully saturated rings. The molecule has 0 heterocycles. The van der Waals surface area contributed by atoms with Crippen LogP contribution in [0.4, 0.5) is 0 Å². The number of nitrogens with one attached hydrogen (secondary N) is 1. The predicted octanol–water partition coefficient (Wildman–Crippen LogP) is 2.07. The zero-order valence-electron chi connectivity index (χ0n) is 12.6. The van der Waals surface area contributed by atoms with Crippen LogP contribution in [-0.2, 0) is 11.2 Å². The molecule has 1 aliphatic carbocycles. The molecule has 1 amide bonds. The Morgan fingerprint density at radius 1 is 1.24 bits per heavy atom. The molecule has 0 saturated heterocycles. The summed E-state index contributed by atoms with van der Waals surface area (Å²) in [6.45, 7) is 2.55. The van der Waals surface area contributed by atoms with E-state index in [0.717, 1.165) is 19.3 Å². The fourth-order valence-electron chi connectivity index (χ4n) is 2.44. The lowest BCUT2D eigenvalue weighted by Crippen LogP contribution is -2.41. The number of benzene rings is 1. The minimum absolute atomic E-state index is 0.0172. The summed E-state index contributed by atoms with van der Waals surface area (Å²) in [5.41, 5.74) is 7.54. The van der Waals surface area contributed by atoms with Crippen molar-refractivity contribution in [3.05, 3.63) is 35.4 Å². The van der Waals surface area contributed by atoms with E-state index in [0.29, 0.717) is 18.0 Å². The number of carbonyl (C=O) groups excluding carboxylic acids is 2. The molecule has 1 saturated carbocycles. The molecule has 1 aromatic rings. The number of rotatable bonds is 8. The van der Waals surface area contributed by atoms with Gasteiger partial charge in [0.15, 0.2) is 5.78 Å². The maximum atomic E-state index is 12.0. The summed E-state index contributed by atoms with van der Waals surface area (Å²) >= 11 is 0. The molecule has 3 N–H and O–H groups in total. The van der Waals surface area contributed by atoms with Crippen LogP contribution in [0, 0.1) is 5.92 Å². The summed E-state index contributed by atoms with van der Waals surface area (Å²) in [4.78, 5) is 23.9. The Balaban J connectivity index is 1.78. The van der Waals surface area contributed by atoms with Gasteiger partial charge in [0, 0.05) is 31.0 Å². The zero-order valence-corrected chi connectivity index (χ0v) is 12.6. The molecule has 114 valence electrons. The second-order valence-corrected chi connectivity index (χ2v) is 5.72. The van der Waals surface area contributed by atoms with Gasteiger partial charge in [-0.3, -0.25) is 9.59 Å². The highest BCUT2D eigenvalue weighted by molar-refractivity contribution is 5.98. The number of carbonyl (C=O) groups is 2. The van der Waals surface area contributed by atoms with Gasteiger partial charge in [0.1, 0.15) is 0 Å². The molecule has 21 heavy (non-hydrogen) atoms. The molecule has 2 rings (SSSR count). The van der Waals surface area contributed by atoms with Gasteiger partial charge in [0.25, 0.3) is 0 Å². The minimum atomic E-state index is -0.0733. The van der Waals surface area contributed by atoms with Crippen LogP contribution in [0.5, 0.6) is 0 Å². The number of hydrogen-bond acceptors (Lipinski definition) is 3. The van der Waals surface area contributed by atoms with E-state index >= 15 is 0 Å². The SMILES string of the molecule is CCc1ccc(C(=O)CCC(=O)NC(CN)C2CC2)cc1. The molecular formula is C17H24N2O2. The number of amides is 1. The maximum absolute atomic E-state index is 12.0. The molecule has 0 spiro atoms. The van der Waals surface area contributed by atoms with Crippen LogP contribution >= 0.6 is 0 Å². The van der Waals surface area contributed by atoms with Crippen LogP contribution in [0.1, 0.15) is 48.5 Å². The van der Waals surface area contributed by atoms with Crippen molar-refractivity contribution in [3.8, 4) is 0 Å². The Morgan fingerprint density at radius 2 is 1.90 bits per heavy atom. The highest BCUT2D eigenvalue weighted by atomic mass is 16.2. The lowest BCUT2D eigenvalue weighted by atomic mass is 10.0. The van der Waals surface area contributed by atoms with Gasteiger partial charge < -0.3 is 11.1 Å². The second kappa shape index (κ2) is 7.36. The first kappa shape index (κ1) is 15.7. The number of ketones is 1. The Kier molecular flexibility index (Phi) is 5.51. The summed E-state index contributed by atoms with van der Waals surface area (Å²) in [6.07, 6.45) is 3.73. The first-order valence-electron chi connectivity index (χ1n) is 7.75. The van der Waals surface area contributed by atoms with Crippen LogP contribution in [0.25, 0.3) is 0 Å². The smallest absolute Gasteiger partial charge is 0.220 e. The lowest BCUT2D eigenvalue weighted by molar-refractivity contribution is -0.121. The number of aryl methyl sites for hydroxylation is 1. The lowest BCUT2D eigenvalue weighted by Gasteiger charge is -2.15. The summed E-state index contributed by atoms with van der Waals surface area (Å²) in [6, 6.07) is 7.68. The first-order chi connectivity index (χ1) is 10.1. The zero-order chi connectivity index (χ0) is 15.2. The second-order valence-electron chi connectivity index (χ2n) is 5.72. The summed E-state index contributed by atoms with van der Waals surface area (Å²) in [5, 5.41) is 2.94. The molecule has 4 heteroatoms. The highest BCUT2D eigenvalue weighted by Gasteiger charge is 2.31. The van der Waals surface area contributed by atoms with Crippen molar-refractivity contribution < 1.29 is 9.59 Å². The Bertz CT molecular complexity index is 492. The topological polar surface area (TPSA) is 72.2 Å². The average Bonchev–Trinajstić information content (AvgIpc) is 3.35. The van der Waals surface area contributed by atoms with Gasteiger partial charge in [0.2, 0.25) is 5.91 Å². The van der Waals surface area contributed by atoms with Crippen molar-refractivity contribution in [2.75, 3.05) is 6.54 Å². The van der Waals surface area contributed by atoms with E-state index in [9.17, 15) is 9.59 Å². The van der Waals surface area contributed by atoms with Crippen molar-refractivity contribution in [1.29, 1.82) is 0 Å². The quantitative estimate of drug-likeness (QED) is 0.719. The number of nitrogens with two attached hydrogens (primary N) is 1. The summed E-state index contributed by atoms with van der Waals surface area (Å²) < 4.78 is 0. The first-order valence-corrected chi connectivity index (χ1v) is 7.75. The third kappa shape index (κ3) is 4.67. The Labute approximate surface area is 126 Å². The molecule has 1 aromatic carbocycles. The monoisotopic (exact) mass is 288 g/mol. The molecular weight excluding hydrogens is 264 g/mol. The van der Waals surface area contributed by atoms with E-state index in [4.69, 9.17) is 5.73 Å². The maximum Gasteiger partial charge on any atom is 0.220 e. The van der Waals surface area contributed by atoms with E-state index in [1.54, 1.807) is 0 Å². The molecule has 4 nitrogen and oxygen atoms in total. The van der Waals surface area contributed by atoms with Gasteiger partial charge in [-0.05, 0) is 30.7 Å². The molecule has 1 atom stereocenters. The van der Waals surface area contributed by atoms with Gasteiger partial charge in [-0.1, -0.05) is 31.2 Å². The standard InChI is InChI=1S/C17H24N2O2/c1-2-12-3-5-14(6-4-12)16(20)9-10-17(21)19-15(11-18)13-7-8-13/h3-6,13,15H,2,7-11,18H2,1H3,(H,19,21). The van der Waals surface area contributed by atoms with Crippen molar-refractivity contribution in [1.82, 2.24) is 5.32 Å². The van der Waals surface area contributed by atoms with E-state index in [1.807, 2.05) is 24.3 Å². The van der Waals surface area contributed by atoms with Gasteiger partial charge >= 0.3 is 0 Å². The summed E-state index contributed by atoms with van der Waals surface area (Å²) in [7, 11) is 0. The molecule has 0 radical (unpaired) electrons. The van der Waals surface area contributed by atoms with Crippen molar-refractivity contribution in [2.45, 2.75) is 45.1 Å². The van der Waals surface area contributed by atoms with Gasteiger partial charge in [-0.25, -0.2) is 0 Å². The number of hydrogen-bond donors (Lipinski definition) is 2. The molecule has 0 bridgehead atoms. The number of Topliss-reactive ketones (excluding diaryl/α,β-unsaturated/α-hetero) is 1. The van der Waals surface area contributed by atoms with Gasteiger partial charge in [-0.15, -0.1) is 0 Å². The van der Waals surface area contributed by atoms with Crippen molar-refractivity contribution in [2.24, 2.45) is 11.7 Å². The molecule has 1 aliphatic rings. The third-order valence-electron chi connectivity index (χ3n) is 4.05. The fourth-order valence-corrected chi connectivity index (χ4v) is 2.44. The van der Waals surface area contributed by atoms with Crippen LogP contribution in [0.15, 0.2) is 24.3 Å². The molecule has 0 aliphatic heterocycles. The fraction of sp³-hybridized carbons (Fsp3) is 0.529. The summed E-state index contributed by atoms with van der Waals surface area (Å²) in [5.74, 6) is 0.482. The van der Waals surface area contributed by atoms with Crippen molar-refractivity contribution in [3.63, 3.8) is 0 Å². The predicted molar refractivity (Wildman–Crippen MR) is 83.1 cm³/mol.